The average Bonchev–Trinajstić information content (AvgIpc) is 3.42. The summed E-state index contributed by atoms with van der Waals surface area (Å²) >= 11 is 1.56. The Bertz CT molecular complexity index is 1100. The van der Waals surface area contributed by atoms with Gasteiger partial charge in [-0.2, -0.15) is 0 Å². The van der Waals surface area contributed by atoms with Crippen molar-refractivity contribution >= 4 is 28.2 Å². The number of morpholine rings is 1. The van der Waals surface area contributed by atoms with Crippen LogP contribution in [0.5, 0.6) is 5.75 Å². The van der Waals surface area contributed by atoms with E-state index in [2.05, 4.69) is 24.4 Å². The molecule has 0 unspecified atom stereocenters. The van der Waals surface area contributed by atoms with E-state index in [1.807, 2.05) is 11.0 Å². The molecule has 2 aliphatic carbocycles. The molecule has 1 aromatic heterocycles. The molecule has 5 rings (SSSR count). The molecule has 0 spiro atoms. The molecule has 34 heavy (non-hydrogen) atoms. The summed E-state index contributed by atoms with van der Waals surface area (Å²) in [5.41, 5.74) is 3.40. The SMILES string of the molecule is C[C@@H]1CCc2c(sc(NC(=O)C(C)(C)Oc3ccc4c(c3)CCC4)c2C(=O)N2CCOCC2)C1. The van der Waals surface area contributed by atoms with Gasteiger partial charge in [-0.15, -0.1) is 11.3 Å². The monoisotopic (exact) mass is 482 g/mol. The average molecular weight is 483 g/mol. The van der Waals surface area contributed by atoms with E-state index in [1.165, 1.54) is 22.4 Å². The molecule has 182 valence electrons. The number of carbonyl (C=O) groups excluding carboxylic acids is 2. The maximum atomic E-state index is 13.6. The molecular formula is C27H34N2O4S. The van der Waals surface area contributed by atoms with Gasteiger partial charge in [0, 0.05) is 18.0 Å². The van der Waals surface area contributed by atoms with Crippen LogP contribution in [0.4, 0.5) is 5.00 Å². The van der Waals surface area contributed by atoms with E-state index in [-0.39, 0.29) is 11.8 Å². The predicted octanol–water partition coefficient (Wildman–Crippen LogP) is 4.63. The molecule has 1 saturated heterocycles. The van der Waals surface area contributed by atoms with Gasteiger partial charge < -0.3 is 19.7 Å². The van der Waals surface area contributed by atoms with Gasteiger partial charge in [0.05, 0.1) is 18.8 Å². The summed E-state index contributed by atoms with van der Waals surface area (Å²) in [6.07, 6.45) is 6.24. The number of ether oxygens (including phenoxy) is 2. The van der Waals surface area contributed by atoms with Crippen molar-refractivity contribution in [1.29, 1.82) is 0 Å². The van der Waals surface area contributed by atoms with Crippen molar-refractivity contribution in [2.45, 2.75) is 64.9 Å². The number of rotatable bonds is 5. The summed E-state index contributed by atoms with van der Waals surface area (Å²) in [5, 5.41) is 3.75. The van der Waals surface area contributed by atoms with E-state index >= 15 is 0 Å². The van der Waals surface area contributed by atoms with Crippen LogP contribution in [0.25, 0.3) is 0 Å². The molecule has 0 radical (unpaired) electrons. The molecule has 1 aromatic carbocycles. The standard InChI is InChI=1S/C27H34N2O4S/c1-17-7-10-21-22(15-17)34-24(23(21)25(30)29-11-13-32-14-12-29)28-26(31)27(2,3)33-20-9-8-18-5-4-6-19(18)16-20/h8-9,16-17H,4-7,10-15H2,1-3H3,(H,28,31)/t17-/m1/s1. The lowest BCUT2D eigenvalue weighted by Gasteiger charge is -2.29. The van der Waals surface area contributed by atoms with Crippen LogP contribution in [0.2, 0.25) is 0 Å². The Morgan fingerprint density at radius 1 is 1.15 bits per heavy atom. The van der Waals surface area contributed by atoms with Crippen molar-refractivity contribution in [3.05, 3.63) is 45.3 Å². The van der Waals surface area contributed by atoms with Crippen molar-refractivity contribution in [3.63, 3.8) is 0 Å². The molecule has 6 nitrogen and oxygen atoms in total. The lowest BCUT2D eigenvalue weighted by Crippen LogP contribution is -2.43. The predicted molar refractivity (Wildman–Crippen MR) is 134 cm³/mol. The van der Waals surface area contributed by atoms with Gasteiger partial charge in [-0.05, 0) is 87.1 Å². The van der Waals surface area contributed by atoms with E-state index in [0.29, 0.717) is 48.5 Å². The minimum Gasteiger partial charge on any atom is -0.478 e. The van der Waals surface area contributed by atoms with Gasteiger partial charge in [0.2, 0.25) is 0 Å². The summed E-state index contributed by atoms with van der Waals surface area (Å²) in [6.45, 7) is 8.10. The van der Waals surface area contributed by atoms with Gasteiger partial charge in [0.1, 0.15) is 10.8 Å². The first-order valence-electron chi connectivity index (χ1n) is 12.5. The third kappa shape index (κ3) is 4.60. The first-order valence-corrected chi connectivity index (χ1v) is 13.3. The van der Waals surface area contributed by atoms with Crippen LogP contribution in [0.1, 0.15) is 65.5 Å². The van der Waals surface area contributed by atoms with Crippen molar-refractivity contribution in [2.24, 2.45) is 5.92 Å². The topological polar surface area (TPSA) is 67.9 Å². The zero-order valence-electron chi connectivity index (χ0n) is 20.4. The number of nitrogens with zero attached hydrogens (tertiary/aromatic N) is 1. The maximum Gasteiger partial charge on any atom is 0.268 e. The highest BCUT2D eigenvalue weighted by Crippen LogP contribution is 2.41. The summed E-state index contributed by atoms with van der Waals surface area (Å²) in [4.78, 5) is 30.1. The zero-order chi connectivity index (χ0) is 23.9. The van der Waals surface area contributed by atoms with Crippen LogP contribution in [0.3, 0.4) is 0 Å². The number of hydrogen-bond acceptors (Lipinski definition) is 5. The van der Waals surface area contributed by atoms with Gasteiger partial charge in [0.15, 0.2) is 5.60 Å². The van der Waals surface area contributed by atoms with Crippen molar-refractivity contribution in [3.8, 4) is 5.75 Å². The fourth-order valence-corrected chi connectivity index (χ4v) is 6.59. The number of hydrogen-bond donors (Lipinski definition) is 1. The zero-order valence-corrected chi connectivity index (χ0v) is 21.2. The molecular weight excluding hydrogens is 448 g/mol. The van der Waals surface area contributed by atoms with E-state index in [1.54, 1.807) is 25.2 Å². The van der Waals surface area contributed by atoms with Gasteiger partial charge in [0.25, 0.3) is 11.8 Å². The van der Waals surface area contributed by atoms with Crippen LogP contribution in [-0.4, -0.2) is 48.6 Å². The molecule has 7 heteroatoms. The Labute approximate surface area is 205 Å². The second-order valence-corrected chi connectivity index (χ2v) is 11.4. The van der Waals surface area contributed by atoms with Crippen LogP contribution in [0.15, 0.2) is 18.2 Å². The second kappa shape index (κ2) is 9.34. The molecule has 1 N–H and O–H groups in total. The summed E-state index contributed by atoms with van der Waals surface area (Å²) in [5.74, 6) is 1.06. The highest BCUT2D eigenvalue weighted by Gasteiger charge is 2.35. The first kappa shape index (κ1) is 23.4. The molecule has 2 amide bonds. The van der Waals surface area contributed by atoms with E-state index in [0.717, 1.165) is 37.7 Å². The third-order valence-electron chi connectivity index (χ3n) is 7.24. The highest BCUT2D eigenvalue weighted by molar-refractivity contribution is 7.17. The third-order valence-corrected chi connectivity index (χ3v) is 8.41. The Kier molecular flexibility index (Phi) is 6.42. The fourth-order valence-electron chi connectivity index (χ4n) is 5.20. The first-order chi connectivity index (χ1) is 16.3. The highest BCUT2D eigenvalue weighted by atomic mass is 32.1. The lowest BCUT2D eigenvalue weighted by molar-refractivity contribution is -0.128. The number of fused-ring (bicyclic) bond motifs is 2. The number of thiophene rings is 1. The largest absolute Gasteiger partial charge is 0.478 e. The lowest BCUT2D eigenvalue weighted by atomic mass is 9.88. The summed E-state index contributed by atoms with van der Waals surface area (Å²) in [6, 6.07) is 6.13. The number of aryl methyl sites for hydroxylation is 2. The quantitative estimate of drug-likeness (QED) is 0.675. The Morgan fingerprint density at radius 3 is 2.71 bits per heavy atom. The molecule has 2 aromatic rings. The summed E-state index contributed by atoms with van der Waals surface area (Å²) < 4.78 is 11.6. The van der Waals surface area contributed by atoms with Crippen LogP contribution in [-0.2, 0) is 35.2 Å². The number of carbonyl (C=O) groups is 2. The molecule has 2 heterocycles. The Morgan fingerprint density at radius 2 is 1.91 bits per heavy atom. The van der Waals surface area contributed by atoms with E-state index in [9.17, 15) is 9.59 Å². The number of anilines is 1. The molecule has 1 aliphatic heterocycles. The molecule has 0 bridgehead atoms. The normalized spacial score (nSPS) is 20.0. The summed E-state index contributed by atoms with van der Waals surface area (Å²) in [7, 11) is 0. The van der Waals surface area contributed by atoms with Gasteiger partial charge in [-0.1, -0.05) is 13.0 Å². The molecule has 1 fully saturated rings. The van der Waals surface area contributed by atoms with E-state index in [4.69, 9.17) is 9.47 Å². The minimum absolute atomic E-state index is 0.00278. The van der Waals surface area contributed by atoms with Gasteiger partial charge in [-0.3, -0.25) is 9.59 Å². The molecule has 0 saturated carbocycles. The smallest absolute Gasteiger partial charge is 0.268 e. The Hall–Kier alpha value is -2.38. The van der Waals surface area contributed by atoms with Gasteiger partial charge in [-0.25, -0.2) is 0 Å². The number of nitrogens with one attached hydrogen (secondary N) is 1. The van der Waals surface area contributed by atoms with Crippen molar-refractivity contribution in [1.82, 2.24) is 4.90 Å². The number of amides is 2. The number of benzene rings is 1. The van der Waals surface area contributed by atoms with E-state index < -0.39 is 5.60 Å². The van der Waals surface area contributed by atoms with Crippen LogP contribution >= 0.6 is 11.3 Å². The second-order valence-electron chi connectivity index (χ2n) is 10.3. The minimum atomic E-state index is -1.08. The van der Waals surface area contributed by atoms with Crippen molar-refractivity contribution < 1.29 is 19.1 Å². The van der Waals surface area contributed by atoms with Crippen molar-refractivity contribution in [2.75, 3.05) is 31.6 Å². The molecule has 1 atom stereocenters. The van der Waals surface area contributed by atoms with Gasteiger partial charge >= 0.3 is 0 Å². The Balaban J connectivity index is 1.39. The fraction of sp³-hybridized carbons (Fsp3) is 0.556. The molecule has 3 aliphatic rings. The maximum absolute atomic E-state index is 13.6. The van der Waals surface area contributed by atoms with Crippen LogP contribution < -0.4 is 10.1 Å². The van der Waals surface area contributed by atoms with Crippen LogP contribution in [0, 0.1) is 5.92 Å².